The number of carbonyl (C=O) groups is 2. The number of hydrogen-bond donors (Lipinski definition) is 1. The summed E-state index contributed by atoms with van der Waals surface area (Å²) in [5.74, 6) is -0.685. The van der Waals surface area contributed by atoms with E-state index in [0.29, 0.717) is 43.1 Å². The monoisotopic (exact) mass is 318 g/mol. The number of carboxylic acid groups (broad SMARTS) is 1. The van der Waals surface area contributed by atoms with Crippen LogP contribution in [0.1, 0.15) is 43.5 Å². The molecule has 0 saturated carbocycles. The molecule has 1 aliphatic carbocycles. The molecule has 0 saturated heterocycles. The molecule has 1 N–H and O–H groups in total. The molecule has 0 aromatic heterocycles. The van der Waals surface area contributed by atoms with E-state index in [1.165, 1.54) is 0 Å². The second kappa shape index (κ2) is 7.81. The number of allylic oxidation sites excluding steroid dienone is 1. The highest BCUT2D eigenvalue weighted by atomic mass is 16.5. The van der Waals surface area contributed by atoms with Gasteiger partial charge in [-0.3, -0.25) is 4.79 Å². The lowest BCUT2D eigenvalue weighted by Gasteiger charge is -2.21. The van der Waals surface area contributed by atoms with Crippen molar-refractivity contribution < 1.29 is 24.2 Å². The molecule has 0 amide bonds. The van der Waals surface area contributed by atoms with Crippen molar-refractivity contribution in [3.8, 4) is 11.5 Å². The third-order valence-corrected chi connectivity index (χ3v) is 3.83. The largest absolute Gasteiger partial charge is 0.490 e. The molecule has 0 aliphatic heterocycles. The second-order valence-corrected chi connectivity index (χ2v) is 5.34. The number of carboxylic acids is 1. The van der Waals surface area contributed by atoms with E-state index in [2.05, 4.69) is 0 Å². The number of ether oxygens (including phenoxy) is 2. The highest BCUT2D eigenvalue weighted by Crippen LogP contribution is 2.33. The van der Waals surface area contributed by atoms with Crippen molar-refractivity contribution in [3.05, 3.63) is 35.4 Å². The molecule has 1 aromatic rings. The van der Waals surface area contributed by atoms with Gasteiger partial charge in [-0.1, -0.05) is 6.08 Å². The van der Waals surface area contributed by atoms with Crippen molar-refractivity contribution in [2.75, 3.05) is 13.2 Å². The van der Waals surface area contributed by atoms with E-state index in [4.69, 9.17) is 9.47 Å². The third kappa shape index (κ3) is 3.92. The number of rotatable bonds is 7. The van der Waals surface area contributed by atoms with Gasteiger partial charge in [0.1, 0.15) is 0 Å². The van der Waals surface area contributed by atoms with Gasteiger partial charge in [0, 0.05) is 11.1 Å². The molecule has 0 heterocycles. The zero-order valence-electron chi connectivity index (χ0n) is 13.5. The first-order chi connectivity index (χ1) is 11.1. The van der Waals surface area contributed by atoms with E-state index < -0.39 is 11.9 Å². The summed E-state index contributed by atoms with van der Waals surface area (Å²) in [6.07, 6.45) is 3.75. The van der Waals surface area contributed by atoms with Gasteiger partial charge in [-0.25, -0.2) is 4.79 Å². The van der Waals surface area contributed by atoms with Gasteiger partial charge in [0.15, 0.2) is 17.3 Å². The minimum Gasteiger partial charge on any atom is -0.490 e. The van der Waals surface area contributed by atoms with Crippen molar-refractivity contribution in [1.29, 1.82) is 0 Å². The second-order valence-electron chi connectivity index (χ2n) is 5.34. The summed E-state index contributed by atoms with van der Waals surface area (Å²) >= 11 is 0. The van der Waals surface area contributed by atoms with Crippen LogP contribution in [0.4, 0.5) is 0 Å². The van der Waals surface area contributed by atoms with Crippen molar-refractivity contribution in [2.24, 2.45) is 5.92 Å². The summed E-state index contributed by atoms with van der Waals surface area (Å²) < 4.78 is 11.0. The highest BCUT2D eigenvalue weighted by Gasteiger charge is 2.30. The molecule has 2 rings (SSSR count). The maximum absolute atomic E-state index is 12.7. The van der Waals surface area contributed by atoms with Crippen LogP contribution in [0.15, 0.2) is 29.8 Å². The Kier molecular flexibility index (Phi) is 5.79. The predicted molar refractivity (Wildman–Crippen MR) is 86.2 cm³/mol. The Morgan fingerprint density at radius 1 is 1.17 bits per heavy atom. The number of aliphatic carboxylic acids is 1. The Morgan fingerprint density at radius 3 is 2.52 bits per heavy atom. The quantitative estimate of drug-likeness (QED) is 0.779. The number of benzene rings is 1. The Balaban J connectivity index is 2.31. The van der Waals surface area contributed by atoms with Gasteiger partial charge < -0.3 is 14.6 Å². The minimum absolute atomic E-state index is 0.178. The fourth-order valence-electron chi connectivity index (χ4n) is 2.79. The number of ketones is 1. The summed E-state index contributed by atoms with van der Waals surface area (Å²) in [7, 11) is 0. The summed E-state index contributed by atoms with van der Waals surface area (Å²) in [5.41, 5.74) is 0.657. The molecular formula is C18H22O5. The topological polar surface area (TPSA) is 72.8 Å². The molecule has 1 unspecified atom stereocenters. The van der Waals surface area contributed by atoms with Crippen LogP contribution < -0.4 is 9.47 Å². The fourth-order valence-corrected chi connectivity index (χ4v) is 2.79. The van der Waals surface area contributed by atoms with E-state index in [9.17, 15) is 14.7 Å². The molecule has 124 valence electrons. The lowest BCUT2D eigenvalue weighted by Crippen LogP contribution is -2.24. The highest BCUT2D eigenvalue weighted by molar-refractivity contribution is 6.05. The van der Waals surface area contributed by atoms with Crippen LogP contribution >= 0.6 is 0 Å². The van der Waals surface area contributed by atoms with Crippen LogP contribution in [-0.4, -0.2) is 30.1 Å². The first kappa shape index (κ1) is 17.1. The van der Waals surface area contributed by atoms with E-state index in [1.807, 2.05) is 13.8 Å². The van der Waals surface area contributed by atoms with Gasteiger partial charge in [-0.15, -0.1) is 0 Å². The van der Waals surface area contributed by atoms with Crippen LogP contribution in [0.3, 0.4) is 0 Å². The van der Waals surface area contributed by atoms with E-state index >= 15 is 0 Å². The maximum atomic E-state index is 12.7. The summed E-state index contributed by atoms with van der Waals surface area (Å²) in [4.78, 5) is 24.1. The van der Waals surface area contributed by atoms with E-state index in [0.717, 1.165) is 6.42 Å². The van der Waals surface area contributed by atoms with Crippen LogP contribution in [0, 0.1) is 5.92 Å². The summed E-state index contributed by atoms with van der Waals surface area (Å²) in [6, 6.07) is 5.02. The minimum atomic E-state index is -1.01. The molecule has 0 radical (unpaired) electrons. The van der Waals surface area contributed by atoms with Gasteiger partial charge in [0.05, 0.1) is 19.1 Å². The zero-order valence-corrected chi connectivity index (χ0v) is 13.5. The fraction of sp³-hybridized carbons (Fsp3) is 0.444. The number of Topliss-reactive ketones (excluding diaryl/α,β-unsaturated/α-hetero) is 1. The molecule has 5 heteroatoms. The number of hydrogen-bond acceptors (Lipinski definition) is 4. The maximum Gasteiger partial charge on any atom is 0.331 e. The SMILES string of the molecule is CCOc1ccc(C(=O)C2CCCC=C2C(=O)O)cc1OCC. The Hall–Kier alpha value is -2.30. The van der Waals surface area contributed by atoms with Gasteiger partial charge in [-0.05, 0) is 51.3 Å². The predicted octanol–water partition coefficient (Wildman–Crippen LogP) is 3.48. The lowest BCUT2D eigenvalue weighted by atomic mass is 9.82. The molecule has 1 aliphatic rings. The molecule has 1 atom stereocenters. The van der Waals surface area contributed by atoms with Crippen molar-refractivity contribution in [3.63, 3.8) is 0 Å². The number of carbonyl (C=O) groups excluding carboxylic acids is 1. The van der Waals surface area contributed by atoms with Crippen molar-refractivity contribution in [2.45, 2.75) is 33.1 Å². The Labute approximate surface area is 135 Å². The molecule has 0 bridgehead atoms. The molecule has 0 spiro atoms. The Bertz CT molecular complexity index is 618. The summed E-state index contributed by atoms with van der Waals surface area (Å²) in [6.45, 7) is 4.70. The average Bonchev–Trinajstić information content (AvgIpc) is 2.56. The van der Waals surface area contributed by atoms with E-state index in [-0.39, 0.29) is 11.4 Å². The van der Waals surface area contributed by atoms with Gasteiger partial charge in [0.25, 0.3) is 0 Å². The van der Waals surface area contributed by atoms with Crippen LogP contribution in [0.2, 0.25) is 0 Å². The van der Waals surface area contributed by atoms with Crippen LogP contribution in [0.25, 0.3) is 0 Å². The molecule has 0 fully saturated rings. The zero-order chi connectivity index (χ0) is 16.8. The Morgan fingerprint density at radius 2 is 1.87 bits per heavy atom. The van der Waals surface area contributed by atoms with Gasteiger partial charge in [-0.2, -0.15) is 0 Å². The lowest BCUT2D eigenvalue weighted by molar-refractivity contribution is -0.133. The van der Waals surface area contributed by atoms with Gasteiger partial charge >= 0.3 is 5.97 Å². The average molecular weight is 318 g/mol. The first-order valence-electron chi connectivity index (χ1n) is 7.95. The normalized spacial score (nSPS) is 17.3. The summed E-state index contributed by atoms with van der Waals surface area (Å²) in [5, 5.41) is 9.29. The third-order valence-electron chi connectivity index (χ3n) is 3.83. The van der Waals surface area contributed by atoms with Crippen molar-refractivity contribution in [1.82, 2.24) is 0 Å². The first-order valence-corrected chi connectivity index (χ1v) is 7.95. The standard InChI is InChI=1S/C18H22O5/c1-3-22-15-10-9-12(11-16(15)23-4-2)17(19)13-7-5-6-8-14(13)18(20)21/h8-11,13H,3-7H2,1-2H3,(H,20,21). The molecule has 5 nitrogen and oxygen atoms in total. The van der Waals surface area contributed by atoms with Crippen LogP contribution in [-0.2, 0) is 4.79 Å². The molecule has 1 aromatic carbocycles. The molecular weight excluding hydrogens is 296 g/mol. The smallest absolute Gasteiger partial charge is 0.331 e. The van der Waals surface area contributed by atoms with Crippen LogP contribution in [0.5, 0.6) is 11.5 Å². The molecule has 23 heavy (non-hydrogen) atoms. The van der Waals surface area contributed by atoms with Crippen molar-refractivity contribution >= 4 is 11.8 Å². The van der Waals surface area contributed by atoms with Gasteiger partial charge in [0.2, 0.25) is 0 Å². The van der Waals surface area contributed by atoms with E-state index in [1.54, 1.807) is 24.3 Å².